The summed E-state index contributed by atoms with van der Waals surface area (Å²) in [5.74, 6) is 0.382. The summed E-state index contributed by atoms with van der Waals surface area (Å²) in [5, 5.41) is 21.7. The van der Waals surface area contributed by atoms with E-state index >= 15 is 0 Å². The highest BCUT2D eigenvalue weighted by atomic mass is 16.5. The number of para-hydroxylation sites is 2. The van der Waals surface area contributed by atoms with Crippen LogP contribution in [0.4, 0.5) is 0 Å². The number of phenols is 1. The molecule has 3 aromatic rings. The molecule has 0 fully saturated rings. The van der Waals surface area contributed by atoms with Gasteiger partial charge in [-0.25, -0.2) is 0 Å². The summed E-state index contributed by atoms with van der Waals surface area (Å²) in [6.07, 6.45) is 5.10. The topological polar surface area (TPSA) is 88.1 Å². The number of hydrogen-bond donors (Lipinski definition) is 2. The number of aromatic amines is 1. The predicted molar refractivity (Wildman–Crippen MR) is 114 cm³/mol. The number of hydrogen-bond acceptors (Lipinski definition) is 5. The number of fused-ring (bicyclic) bond motifs is 1. The third-order valence-corrected chi connectivity index (χ3v) is 5.38. The Kier molecular flexibility index (Phi) is 7.22. The number of carbonyl (C=O) groups is 1. The molecule has 1 heterocycles. The molecule has 0 aliphatic heterocycles. The van der Waals surface area contributed by atoms with Gasteiger partial charge in [-0.1, -0.05) is 63.4 Å². The van der Waals surface area contributed by atoms with Crippen LogP contribution in [0.2, 0.25) is 0 Å². The van der Waals surface area contributed by atoms with E-state index in [1.807, 2.05) is 36.4 Å². The summed E-state index contributed by atoms with van der Waals surface area (Å²) in [5.41, 5.74) is 3.65. The molecule has 2 N–H and O–H groups in total. The average molecular weight is 396 g/mol. The zero-order valence-electron chi connectivity index (χ0n) is 17.1. The summed E-state index contributed by atoms with van der Waals surface area (Å²) < 4.78 is 5.47. The summed E-state index contributed by atoms with van der Waals surface area (Å²) in [6, 6.07) is 11.2. The van der Waals surface area contributed by atoms with Crippen LogP contribution in [0, 0.1) is 5.92 Å². The van der Waals surface area contributed by atoms with Crippen LogP contribution in [0.1, 0.15) is 51.5 Å². The van der Waals surface area contributed by atoms with Crippen molar-refractivity contribution < 1.29 is 14.6 Å². The summed E-state index contributed by atoms with van der Waals surface area (Å²) in [4.78, 5) is 12.2. The molecule has 1 aromatic heterocycles. The first kappa shape index (κ1) is 20.8. The molecule has 6 nitrogen and oxygen atoms in total. The van der Waals surface area contributed by atoms with Gasteiger partial charge < -0.3 is 9.84 Å². The Hall–Kier alpha value is -2.89. The second-order valence-electron chi connectivity index (χ2n) is 7.41. The number of rotatable bonds is 10. The maximum Gasteiger partial charge on any atom is 0.306 e. The second kappa shape index (κ2) is 10.0. The van der Waals surface area contributed by atoms with Crippen molar-refractivity contribution in [2.75, 3.05) is 6.61 Å². The number of ether oxygens (including phenoxy) is 1. The van der Waals surface area contributed by atoms with Gasteiger partial charge in [-0.05, 0) is 30.4 Å². The van der Waals surface area contributed by atoms with Gasteiger partial charge in [0.15, 0.2) is 0 Å². The van der Waals surface area contributed by atoms with E-state index in [1.165, 1.54) is 0 Å². The van der Waals surface area contributed by atoms with Crippen molar-refractivity contribution >= 4 is 17.0 Å². The minimum absolute atomic E-state index is 0.171. The van der Waals surface area contributed by atoms with E-state index in [4.69, 9.17) is 4.74 Å². The first-order valence-electron chi connectivity index (χ1n) is 10.4. The number of nitrogens with one attached hydrogen (secondary N) is 1. The zero-order valence-corrected chi connectivity index (χ0v) is 17.1. The Labute approximate surface area is 171 Å². The summed E-state index contributed by atoms with van der Waals surface area (Å²) in [6.45, 7) is 4.78. The number of aromatic hydroxyl groups is 1. The molecule has 0 radical (unpaired) electrons. The van der Waals surface area contributed by atoms with Gasteiger partial charge in [-0.15, -0.1) is 0 Å². The number of H-pyrrole nitrogens is 1. The second-order valence-corrected chi connectivity index (χ2v) is 7.41. The number of aryl methyl sites for hydroxylation is 1. The molecular weight excluding hydrogens is 366 g/mol. The van der Waals surface area contributed by atoms with Crippen LogP contribution in [-0.4, -0.2) is 33.1 Å². The monoisotopic (exact) mass is 395 g/mol. The molecule has 0 aliphatic carbocycles. The lowest BCUT2D eigenvalue weighted by Gasteiger charge is -2.15. The van der Waals surface area contributed by atoms with Crippen LogP contribution in [0.15, 0.2) is 36.4 Å². The third kappa shape index (κ3) is 5.13. The fraction of sp³-hybridized carbons (Fsp3) is 0.435. The highest BCUT2D eigenvalue weighted by molar-refractivity contribution is 5.93. The van der Waals surface area contributed by atoms with E-state index in [0.717, 1.165) is 42.3 Å². The first-order chi connectivity index (χ1) is 14.1. The largest absolute Gasteiger partial charge is 0.507 e. The molecule has 29 heavy (non-hydrogen) atoms. The van der Waals surface area contributed by atoms with Crippen molar-refractivity contribution in [2.24, 2.45) is 5.92 Å². The van der Waals surface area contributed by atoms with Crippen LogP contribution in [0.5, 0.6) is 5.75 Å². The van der Waals surface area contributed by atoms with Crippen molar-refractivity contribution in [1.29, 1.82) is 0 Å². The van der Waals surface area contributed by atoms with E-state index in [1.54, 1.807) is 0 Å². The summed E-state index contributed by atoms with van der Waals surface area (Å²) in [7, 11) is 0. The Morgan fingerprint density at radius 3 is 2.72 bits per heavy atom. The molecule has 3 rings (SSSR count). The number of aromatic nitrogens is 3. The Bertz CT molecular complexity index is 951. The van der Waals surface area contributed by atoms with E-state index in [9.17, 15) is 9.90 Å². The fourth-order valence-electron chi connectivity index (χ4n) is 3.51. The van der Waals surface area contributed by atoms with Gasteiger partial charge in [-0.2, -0.15) is 15.4 Å². The van der Waals surface area contributed by atoms with Crippen LogP contribution >= 0.6 is 0 Å². The normalized spacial score (nSPS) is 12.2. The number of benzene rings is 2. The molecule has 0 aliphatic rings. The maximum absolute atomic E-state index is 12.2. The molecule has 0 saturated heterocycles. The van der Waals surface area contributed by atoms with Gasteiger partial charge in [0.25, 0.3) is 0 Å². The average Bonchev–Trinajstić information content (AvgIpc) is 3.22. The van der Waals surface area contributed by atoms with Gasteiger partial charge in [0.1, 0.15) is 16.8 Å². The van der Waals surface area contributed by atoms with E-state index in [2.05, 4.69) is 29.3 Å². The molecule has 0 amide bonds. The molecule has 0 saturated carbocycles. The summed E-state index contributed by atoms with van der Waals surface area (Å²) >= 11 is 0. The van der Waals surface area contributed by atoms with Crippen molar-refractivity contribution in [3.05, 3.63) is 42.0 Å². The molecule has 0 spiro atoms. The molecule has 6 heteroatoms. The maximum atomic E-state index is 12.2. The lowest BCUT2D eigenvalue weighted by molar-refractivity contribution is -0.145. The fourth-order valence-corrected chi connectivity index (χ4v) is 3.51. The van der Waals surface area contributed by atoms with Gasteiger partial charge in [0.05, 0.1) is 6.61 Å². The highest BCUT2D eigenvalue weighted by Crippen LogP contribution is 2.35. The molecule has 1 atom stereocenters. The molecule has 2 aromatic carbocycles. The number of carbonyl (C=O) groups excluding carboxylic acids is 1. The van der Waals surface area contributed by atoms with Crippen LogP contribution < -0.4 is 0 Å². The van der Waals surface area contributed by atoms with Crippen molar-refractivity contribution in [2.45, 2.75) is 52.4 Å². The van der Waals surface area contributed by atoms with Gasteiger partial charge in [0, 0.05) is 17.5 Å². The highest BCUT2D eigenvalue weighted by Gasteiger charge is 2.15. The molecular formula is C23H29N3O3. The first-order valence-corrected chi connectivity index (χ1v) is 10.4. The Morgan fingerprint density at radius 2 is 1.93 bits per heavy atom. The van der Waals surface area contributed by atoms with Crippen molar-refractivity contribution in [3.8, 4) is 16.9 Å². The quantitative estimate of drug-likeness (QED) is 0.470. The Balaban J connectivity index is 1.64. The molecule has 0 bridgehead atoms. The minimum atomic E-state index is -0.219. The SMILES string of the molecule is CCCCC(CC)COC(=O)CCc1cccc(-c2cccc3n[nH]nc23)c1O. The number of nitrogens with zero attached hydrogens (tertiary/aromatic N) is 2. The smallest absolute Gasteiger partial charge is 0.306 e. The van der Waals surface area contributed by atoms with Crippen molar-refractivity contribution in [1.82, 2.24) is 15.4 Å². The molecule has 154 valence electrons. The van der Waals surface area contributed by atoms with Gasteiger partial charge >= 0.3 is 5.97 Å². The number of phenolic OH excluding ortho intramolecular Hbond substituents is 1. The lowest BCUT2D eigenvalue weighted by Crippen LogP contribution is -2.14. The minimum Gasteiger partial charge on any atom is -0.507 e. The zero-order chi connectivity index (χ0) is 20.6. The predicted octanol–water partition coefficient (Wildman–Crippen LogP) is 5.02. The number of esters is 1. The van der Waals surface area contributed by atoms with Crippen LogP contribution in [0.3, 0.4) is 0 Å². The van der Waals surface area contributed by atoms with Crippen LogP contribution in [0.25, 0.3) is 22.2 Å². The Morgan fingerprint density at radius 1 is 1.14 bits per heavy atom. The standard InChI is InChI=1S/C23H29N3O3/c1-3-5-8-16(4-2)15-29-21(27)14-13-17-9-6-11-19(23(17)28)18-10-7-12-20-22(18)25-26-24-20/h6-7,9-12,16,28H,3-5,8,13-15H2,1-2H3,(H,24,25,26). The number of unbranched alkanes of at least 4 members (excludes halogenated alkanes) is 1. The van der Waals surface area contributed by atoms with E-state index < -0.39 is 0 Å². The van der Waals surface area contributed by atoms with E-state index in [0.29, 0.717) is 30.0 Å². The third-order valence-electron chi connectivity index (χ3n) is 5.38. The van der Waals surface area contributed by atoms with Gasteiger partial charge in [0.2, 0.25) is 0 Å². The molecule has 1 unspecified atom stereocenters. The van der Waals surface area contributed by atoms with Gasteiger partial charge in [-0.3, -0.25) is 4.79 Å². The van der Waals surface area contributed by atoms with Crippen LogP contribution in [-0.2, 0) is 16.0 Å². The van der Waals surface area contributed by atoms with Crippen molar-refractivity contribution in [3.63, 3.8) is 0 Å². The lowest BCUT2D eigenvalue weighted by atomic mass is 9.98. The van der Waals surface area contributed by atoms with E-state index in [-0.39, 0.29) is 18.1 Å².